The molecule has 0 radical (unpaired) electrons. The molecule has 1 aliphatic rings. The van der Waals surface area contributed by atoms with Gasteiger partial charge in [-0.05, 0) is 6.07 Å². The molecular formula is C11H14N4O3. The lowest BCUT2D eigenvalue weighted by molar-refractivity contribution is -0.384. The van der Waals surface area contributed by atoms with E-state index in [1.54, 1.807) is 6.07 Å². The summed E-state index contributed by atoms with van der Waals surface area (Å²) in [5, 5.41) is 13.5. The number of non-ortho nitro benzene ring substituents is 1. The molecule has 18 heavy (non-hydrogen) atoms. The Morgan fingerprint density at radius 1 is 1.33 bits per heavy atom. The molecule has 1 saturated heterocycles. The van der Waals surface area contributed by atoms with E-state index in [9.17, 15) is 14.9 Å². The molecule has 1 fully saturated rings. The van der Waals surface area contributed by atoms with Crippen molar-refractivity contribution in [1.29, 1.82) is 0 Å². The van der Waals surface area contributed by atoms with Gasteiger partial charge in [0.1, 0.15) is 0 Å². The average molecular weight is 250 g/mol. The molecular weight excluding hydrogens is 236 g/mol. The summed E-state index contributed by atoms with van der Waals surface area (Å²) < 4.78 is 0. The molecule has 1 aromatic carbocycles. The highest BCUT2D eigenvalue weighted by atomic mass is 16.6. The zero-order valence-electron chi connectivity index (χ0n) is 9.76. The van der Waals surface area contributed by atoms with E-state index >= 15 is 0 Å². The van der Waals surface area contributed by atoms with Crippen molar-refractivity contribution in [1.82, 2.24) is 5.32 Å². The van der Waals surface area contributed by atoms with Gasteiger partial charge in [0.15, 0.2) is 0 Å². The summed E-state index contributed by atoms with van der Waals surface area (Å²) >= 11 is 0. The molecule has 0 spiro atoms. The molecule has 0 aliphatic carbocycles. The van der Waals surface area contributed by atoms with Crippen LogP contribution in [0.25, 0.3) is 0 Å². The SMILES string of the molecule is Nc1cc(N2CCNC(=O)CC2)cc([N+](=O)[O-])c1. The molecule has 1 amide bonds. The highest BCUT2D eigenvalue weighted by molar-refractivity contribution is 5.77. The summed E-state index contributed by atoms with van der Waals surface area (Å²) in [7, 11) is 0. The van der Waals surface area contributed by atoms with Crippen molar-refractivity contribution < 1.29 is 9.72 Å². The minimum atomic E-state index is -0.471. The number of nitrogens with zero attached hydrogens (tertiary/aromatic N) is 2. The lowest BCUT2D eigenvalue weighted by Gasteiger charge is -2.21. The van der Waals surface area contributed by atoms with Crippen LogP contribution in [0.4, 0.5) is 17.1 Å². The van der Waals surface area contributed by atoms with E-state index < -0.39 is 4.92 Å². The Morgan fingerprint density at radius 3 is 2.83 bits per heavy atom. The van der Waals surface area contributed by atoms with Crippen molar-refractivity contribution in [2.45, 2.75) is 6.42 Å². The van der Waals surface area contributed by atoms with Gasteiger partial charge in [-0.3, -0.25) is 14.9 Å². The Balaban J connectivity index is 2.26. The fourth-order valence-electron chi connectivity index (χ4n) is 1.93. The van der Waals surface area contributed by atoms with E-state index in [1.807, 2.05) is 4.90 Å². The van der Waals surface area contributed by atoms with Crippen LogP contribution < -0.4 is 16.0 Å². The van der Waals surface area contributed by atoms with E-state index in [0.717, 1.165) is 0 Å². The van der Waals surface area contributed by atoms with E-state index in [4.69, 9.17) is 5.73 Å². The Bertz CT molecular complexity index is 489. The molecule has 0 saturated carbocycles. The highest BCUT2D eigenvalue weighted by Crippen LogP contribution is 2.25. The van der Waals surface area contributed by atoms with E-state index in [-0.39, 0.29) is 11.6 Å². The second kappa shape index (κ2) is 4.91. The molecule has 0 bridgehead atoms. The number of rotatable bonds is 2. The summed E-state index contributed by atoms with van der Waals surface area (Å²) in [5.74, 6) is -0.00379. The van der Waals surface area contributed by atoms with Crippen LogP contribution in [0.3, 0.4) is 0 Å². The van der Waals surface area contributed by atoms with Crippen molar-refractivity contribution in [2.24, 2.45) is 0 Å². The smallest absolute Gasteiger partial charge is 0.273 e. The number of hydrogen-bond donors (Lipinski definition) is 2. The van der Waals surface area contributed by atoms with Crippen molar-refractivity contribution in [3.8, 4) is 0 Å². The zero-order valence-corrected chi connectivity index (χ0v) is 9.76. The first-order valence-corrected chi connectivity index (χ1v) is 5.63. The van der Waals surface area contributed by atoms with Crippen LogP contribution in [0.1, 0.15) is 6.42 Å². The van der Waals surface area contributed by atoms with Crippen LogP contribution in [0.2, 0.25) is 0 Å². The van der Waals surface area contributed by atoms with Gasteiger partial charge in [0.25, 0.3) is 5.69 Å². The third-order valence-corrected chi connectivity index (χ3v) is 2.81. The summed E-state index contributed by atoms with van der Waals surface area (Å²) in [4.78, 5) is 23.5. The maximum absolute atomic E-state index is 11.2. The van der Waals surface area contributed by atoms with E-state index in [1.165, 1.54) is 12.1 Å². The quantitative estimate of drug-likeness (QED) is 0.452. The van der Waals surface area contributed by atoms with Crippen molar-refractivity contribution in [2.75, 3.05) is 30.3 Å². The fraction of sp³-hybridized carbons (Fsp3) is 0.364. The van der Waals surface area contributed by atoms with Gasteiger partial charge in [-0.2, -0.15) is 0 Å². The normalized spacial score (nSPS) is 16.0. The summed E-state index contributed by atoms with van der Waals surface area (Å²) in [6, 6.07) is 4.49. The second-order valence-corrected chi connectivity index (χ2v) is 4.13. The predicted octanol–water partition coefficient (Wildman–Crippen LogP) is 0.503. The van der Waals surface area contributed by atoms with Crippen molar-refractivity contribution >= 4 is 23.0 Å². The number of nitrogens with two attached hydrogens (primary N) is 1. The number of carbonyl (C=O) groups is 1. The van der Waals surface area contributed by atoms with Crippen LogP contribution in [0.15, 0.2) is 18.2 Å². The standard InChI is InChI=1S/C11H14N4O3/c12-8-5-9(7-10(6-8)15(17)18)14-3-1-11(16)13-2-4-14/h5-7H,1-4,12H2,(H,13,16). The number of hydrogen-bond acceptors (Lipinski definition) is 5. The van der Waals surface area contributed by atoms with Gasteiger partial charge in [-0.1, -0.05) is 0 Å². The first kappa shape index (κ1) is 12.2. The molecule has 3 N–H and O–H groups in total. The third-order valence-electron chi connectivity index (χ3n) is 2.81. The van der Waals surface area contributed by atoms with Crippen LogP contribution >= 0.6 is 0 Å². The molecule has 1 aromatic rings. The number of amides is 1. The molecule has 0 atom stereocenters. The summed E-state index contributed by atoms with van der Waals surface area (Å²) in [5.41, 5.74) is 6.65. The van der Waals surface area contributed by atoms with Gasteiger partial charge in [-0.25, -0.2) is 0 Å². The van der Waals surface area contributed by atoms with E-state index in [2.05, 4.69) is 5.32 Å². The maximum Gasteiger partial charge on any atom is 0.273 e. The van der Waals surface area contributed by atoms with Crippen LogP contribution in [-0.4, -0.2) is 30.5 Å². The number of nitro benzene ring substituents is 1. The zero-order chi connectivity index (χ0) is 13.1. The Kier molecular flexibility index (Phi) is 3.31. The topological polar surface area (TPSA) is 102 Å². The Labute approximate surface area is 104 Å². The van der Waals surface area contributed by atoms with Gasteiger partial charge in [0.2, 0.25) is 5.91 Å². The monoisotopic (exact) mass is 250 g/mol. The van der Waals surface area contributed by atoms with Crippen LogP contribution in [0, 0.1) is 10.1 Å². The molecule has 7 nitrogen and oxygen atoms in total. The number of nitrogens with one attached hydrogen (secondary N) is 1. The highest BCUT2D eigenvalue weighted by Gasteiger charge is 2.17. The first-order valence-electron chi connectivity index (χ1n) is 5.63. The molecule has 1 heterocycles. The van der Waals surface area contributed by atoms with Gasteiger partial charge < -0.3 is 16.0 Å². The van der Waals surface area contributed by atoms with Crippen LogP contribution in [-0.2, 0) is 4.79 Å². The van der Waals surface area contributed by atoms with Gasteiger partial charge in [0, 0.05) is 49.6 Å². The minimum absolute atomic E-state index is 0.00379. The first-order chi connectivity index (χ1) is 8.56. The van der Waals surface area contributed by atoms with Crippen molar-refractivity contribution in [3.63, 3.8) is 0 Å². The Morgan fingerprint density at radius 2 is 2.11 bits per heavy atom. The molecule has 96 valence electrons. The number of anilines is 2. The minimum Gasteiger partial charge on any atom is -0.398 e. The number of nitro groups is 1. The summed E-state index contributed by atoms with van der Waals surface area (Å²) in [6.07, 6.45) is 0.378. The average Bonchev–Trinajstić information content (AvgIpc) is 2.53. The fourth-order valence-corrected chi connectivity index (χ4v) is 1.93. The predicted molar refractivity (Wildman–Crippen MR) is 67.3 cm³/mol. The third kappa shape index (κ3) is 2.68. The molecule has 0 unspecified atom stereocenters. The molecule has 7 heteroatoms. The molecule has 1 aliphatic heterocycles. The molecule has 2 rings (SSSR count). The van der Waals surface area contributed by atoms with E-state index in [0.29, 0.717) is 37.4 Å². The number of benzene rings is 1. The van der Waals surface area contributed by atoms with Gasteiger partial charge >= 0.3 is 0 Å². The van der Waals surface area contributed by atoms with Crippen molar-refractivity contribution in [3.05, 3.63) is 28.3 Å². The Hall–Kier alpha value is -2.31. The van der Waals surface area contributed by atoms with Crippen LogP contribution in [0.5, 0.6) is 0 Å². The largest absolute Gasteiger partial charge is 0.398 e. The maximum atomic E-state index is 11.2. The lowest BCUT2D eigenvalue weighted by atomic mass is 10.2. The van der Waals surface area contributed by atoms with Gasteiger partial charge in [-0.15, -0.1) is 0 Å². The number of carbonyl (C=O) groups excluding carboxylic acids is 1. The van der Waals surface area contributed by atoms with Gasteiger partial charge in [0.05, 0.1) is 4.92 Å². The summed E-state index contributed by atoms with van der Waals surface area (Å²) in [6.45, 7) is 1.68. The second-order valence-electron chi connectivity index (χ2n) is 4.13. The molecule has 0 aromatic heterocycles. The number of nitrogen functional groups attached to an aromatic ring is 1. The lowest BCUT2D eigenvalue weighted by Crippen LogP contribution is -2.28.